The predicted molar refractivity (Wildman–Crippen MR) is 70.5 cm³/mol. The number of aromatic nitrogens is 1. The molecule has 1 aliphatic rings. The topological polar surface area (TPSA) is 54.4 Å². The lowest BCUT2D eigenvalue weighted by molar-refractivity contribution is 0.108. The molecule has 0 aliphatic heterocycles. The number of aliphatic hydroxyl groups excluding tert-OH is 1. The average Bonchev–Trinajstić information content (AvgIpc) is 2.41. The quantitative estimate of drug-likeness (QED) is 0.835. The van der Waals surface area contributed by atoms with Crippen molar-refractivity contribution in [3.63, 3.8) is 0 Å². The summed E-state index contributed by atoms with van der Waals surface area (Å²) in [5.41, 5.74) is 1.00. The number of ether oxygens (including phenoxy) is 1. The molecule has 0 atom stereocenters. The summed E-state index contributed by atoms with van der Waals surface area (Å²) in [4.78, 5) is 4.36. The first-order valence-electron chi connectivity index (χ1n) is 6.66. The lowest BCUT2D eigenvalue weighted by Crippen LogP contribution is -2.27. The van der Waals surface area contributed by atoms with Gasteiger partial charge in [0.1, 0.15) is 0 Å². The third-order valence-electron chi connectivity index (χ3n) is 3.55. The second-order valence-corrected chi connectivity index (χ2v) is 4.98. The molecule has 0 spiro atoms. The van der Waals surface area contributed by atoms with Crippen LogP contribution in [0, 0.1) is 5.92 Å². The largest absolute Gasteiger partial charge is 0.481 e. The highest BCUT2D eigenvalue weighted by Crippen LogP contribution is 2.23. The summed E-state index contributed by atoms with van der Waals surface area (Å²) >= 11 is 0. The molecule has 0 amide bonds. The fraction of sp³-hybridized carbons (Fsp3) is 0.643. The molecule has 0 aromatic carbocycles. The maximum absolute atomic E-state index is 9.44. The van der Waals surface area contributed by atoms with Crippen LogP contribution in [-0.2, 0) is 6.54 Å². The van der Waals surface area contributed by atoms with Crippen molar-refractivity contribution in [2.75, 3.05) is 13.7 Å². The molecule has 1 aliphatic carbocycles. The van der Waals surface area contributed by atoms with Crippen LogP contribution in [0.1, 0.15) is 31.4 Å². The molecule has 4 heteroatoms. The molecular formula is C14H22N2O2. The van der Waals surface area contributed by atoms with E-state index < -0.39 is 0 Å². The number of rotatable bonds is 5. The van der Waals surface area contributed by atoms with Crippen LogP contribution < -0.4 is 10.1 Å². The van der Waals surface area contributed by atoms with E-state index in [1.54, 1.807) is 7.11 Å². The number of nitrogens with zero attached hydrogens (tertiary/aromatic N) is 1. The third kappa shape index (κ3) is 3.96. The molecule has 0 saturated heterocycles. The van der Waals surface area contributed by atoms with Crippen LogP contribution in [0.25, 0.3) is 0 Å². The summed E-state index contributed by atoms with van der Waals surface area (Å²) in [7, 11) is 1.63. The summed E-state index contributed by atoms with van der Waals surface area (Å²) in [5.74, 6) is 1.36. The zero-order chi connectivity index (χ0) is 12.8. The van der Waals surface area contributed by atoms with E-state index in [0.717, 1.165) is 44.5 Å². The number of nitrogens with one attached hydrogen (secondary N) is 1. The van der Waals surface area contributed by atoms with E-state index in [0.29, 0.717) is 11.8 Å². The molecule has 1 fully saturated rings. The second-order valence-electron chi connectivity index (χ2n) is 4.98. The van der Waals surface area contributed by atoms with E-state index in [4.69, 9.17) is 4.74 Å². The standard InChI is InChI=1S/C14H22N2O2/c1-18-14-4-2-3-12(16-14)10-15-9-11-5-7-13(17)8-6-11/h2-4,11,13,15,17H,5-10H2,1H3. The van der Waals surface area contributed by atoms with Gasteiger partial charge in [0.2, 0.25) is 5.88 Å². The molecule has 0 bridgehead atoms. The van der Waals surface area contributed by atoms with E-state index in [-0.39, 0.29) is 6.10 Å². The van der Waals surface area contributed by atoms with Crippen molar-refractivity contribution in [1.82, 2.24) is 10.3 Å². The van der Waals surface area contributed by atoms with Gasteiger partial charge in [-0.15, -0.1) is 0 Å². The maximum atomic E-state index is 9.44. The Morgan fingerprint density at radius 1 is 1.33 bits per heavy atom. The molecule has 1 aromatic heterocycles. The van der Waals surface area contributed by atoms with Gasteiger partial charge in [-0.3, -0.25) is 0 Å². The van der Waals surface area contributed by atoms with Crippen LogP contribution in [0.3, 0.4) is 0 Å². The van der Waals surface area contributed by atoms with Crippen molar-refractivity contribution in [3.8, 4) is 5.88 Å². The maximum Gasteiger partial charge on any atom is 0.213 e. The normalized spacial score (nSPS) is 23.9. The Morgan fingerprint density at radius 3 is 2.83 bits per heavy atom. The minimum absolute atomic E-state index is 0.0682. The van der Waals surface area contributed by atoms with Crippen molar-refractivity contribution in [2.24, 2.45) is 5.92 Å². The lowest BCUT2D eigenvalue weighted by Gasteiger charge is -2.25. The first-order chi connectivity index (χ1) is 8.78. The van der Waals surface area contributed by atoms with Gasteiger partial charge in [0.05, 0.1) is 18.9 Å². The fourth-order valence-electron chi connectivity index (χ4n) is 2.42. The number of pyridine rings is 1. The first-order valence-corrected chi connectivity index (χ1v) is 6.66. The molecule has 2 rings (SSSR count). The van der Waals surface area contributed by atoms with Crippen LogP contribution >= 0.6 is 0 Å². The number of hydrogen-bond acceptors (Lipinski definition) is 4. The predicted octanol–water partition coefficient (Wildman–Crippen LogP) is 1.73. The highest BCUT2D eigenvalue weighted by molar-refractivity contribution is 5.15. The second kappa shape index (κ2) is 6.71. The average molecular weight is 250 g/mol. The van der Waals surface area contributed by atoms with Crippen molar-refractivity contribution < 1.29 is 9.84 Å². The number of methoxy groups -OCH3 is 1. The molecule has 1 heterocycles. The van der Waals surface area contributed by atoms with Crippen molar-refractivity contribution in [3.05, 3.63) is 23.9 Å². The zero-order valence-electron chi connectivity index (χ0n) is 10.9. The number of aliphatic hydroxyl groups is 1. The van der Waals surface area contributed by atoms with Gasteiger partial charge in [-0.25, -0.2) is 4.98 Å². The summed E-state index contributed by atoms with van der Waals surface area (Å²) < 4.78 is 5.10. The van der Waals surface area contributed by atoms with E-state index in [9.17, 15) is 5.11 Å². The Bertz CT molecular complexity index is 363. The van der Waals surface area contributed by atoms with Crippen LogP contribution in [-0.4, -0.2) is 29.8 Å². The Hall–Kier alpha value is -1.13. The molecule has 1 saturated carbocycles. The van der Waals surface area contributed by atoms with Crippen LogP contribution in [0.2, 0.25) is 0 Å². The van der Waals surface area contributed by atoms with Crippen molar-refractivity contribution in [2.45, 2.75) is 38.3 Å². The minimum Gasteiger partial charge on any atom is -0.481 e. The Kier molecular flexibility index (Phi) is 4.96. The minimum atomic E-state index is -0.0682. The van der Waals surface area contributed by atoms with Gasteiger partial charge in [-0.1, -0.05) is 6.07 Å². The summed E-state index contributed by atoms with van der Waals surface area (Å²) in [5, 5.41) is 12.9. The highest BCUT2D eigenvalue weighted by atomic mass is 16.5. The third-order valence-corrected chi connectivity index (χ3v) is 3.55. The van der Waals surface area contributed by atoms with Crippen LogP contribution in [0.4, 0.5) is 0 Å². The summed E-state index contributed by atoms with van der Waals surface area (Å²) in [6.45, 7) is 1.78. The Balaban J connectivity index is 1.71. The van der Waals surface area contributed by atoms with Gasteiger partial charge >= 0.3 is 0 Å². The van der Waals surface area contributed by atoms with Crippen molar-refractivity contribution >= 4 is 0 Å². The molecule has 18 heavy (non-hydrogen) atoms. The highest BCUT2D eigenvalue weighted by Gasteiger charge is 2.18. The summed E-state index contributed by atoms with van der Waals surface area (Å²) in [6.07, 6.45) is 4.08. The molecule has 0 radical (unpaired) electrons. The van der Waals surface area contributed by atoms with E-state index >= 15 is 0 Å². The monoisotopic (exact) mass is 250 g/mol. The van der Waals surface area contributed by atoms with Gasteiger partial charge < -0.3 is 15.2 Å². The Morgan fingerprint density at radius 2 is 2.11 bits per heavy atom. The molecule has 4 nitrogen and oxygen atoms in total. The molecule has 0 unspecified atom stereocenters. The van der Waals surface area contributed by atoms with E-state index in [2.05, 4.69) is 10.3 Å². The first kappa shape index (κ1) is 13.3. The smallest absolute Gasteiger partial charge is 0.213 e. The van der Waals surface area contributed by atoms with E-state index in [1.165, 1.54) is 0 Å². The van der Waals surface area contributed by atoms with Gasteiger partial charge in [-0.2, -0.15) is 0 Å². The lowest BCUT2D eigenvalue weighted by atomic mass is 9.87. The van der Waals surface area contributed by atoms with E-state index in [1.807, 2.05) is 18.2 Å². The molecule has 100 valence electrons. The SMILES string of the molecule is COc1cccc(CNCC2CCC(O)CC2)n1. The Labute approximate surface area is 108 Å². The molecule has 1 aromatic rings. The fourth-order valence-corrected chi connectivity index (χ4v) is 2.42. The summed E-state index contributed by atoms with van der Waals surface area (Å²) in [6, 6.07) is 5.81. The van der Waals surface area contributed by atoms with Gasteiger partial charge in [-0.05, 0) is 44.2 Å². The van der Waals surface area contributed by atoms with Crippen LogP contribution in [0.15, 0.2) is 18.2 Å². The van der Waals surface area contributed by atoms with Crippen molar-refractivity contribution in [1.29, 1.82) is 0 Å². The zero-order valence-corrected chi connectivity index (χ0v) is 10.9. The molecule has 2 N–H and O–H groups in total. The molecular weight excluding hydrogens is 228 g/mol. The van der Waals surface area contributed by atoms with Crippen LogP contribution in [0.5, 0.6) is 5.88 Å². The van der Waals surface area contributed by atoms with Gasteiger partial charge in [0.25, 0.3) is 0 Å². The van der Waals surface area contributed by atoms with Gasteiger partial charge in [0, 0.05) is 12.6 Å². The van der Waals surface area contributed by atoms with Gasteiger partial charge in [0.15, 0.2) is 0 Å². The number of hydrogen-bond donors (Lipinski definition) is 2.